The summed E-state index contributed by atoms with van der Waals surface area (Å²) in [6.45, 7) is 0. The molecule has 4 aromatic carbocycles. The van der Waals surface area contributed by atoms with E-state index in [4.69, 9.17) is 0 Å². The number of hydrogen-bond donors (Lipinski definition) is 0. The molecule has 0 atom stereocenters. The first-order valence-corrected chi connectivity index (χ1v) is 19.0. The molecule has 3 aromatic heterocycles. The molecule has 7 aromatic rings. The van der Waals surface area contributed by atoms with Gasteiger partial charge in [0.1, 0.15) is 30.4 Å². The Hall–Kier alpha value is -5.51. The molecule has 2 aliphatic heterocycles. The van der Waals surface area contributed by atoms with Crippen molar-refractivity contribution < 1.29 is 56.0 Å². The van der Waals surface area contributed by atoms with Crippen LogP contribution in [0.1, 0.15) is 0 Å². The molecule has 0 unspecified atom stereocenters. The molecule has 1 radical (unpaired) electrons. The van der Waals surface area contributed by atoms with Crippen LogP contribution in [0.4, 0.5) is 0 Å². The maximum atomic E-state index is 12.0. The number of nitrogens with zero attached hydrogens (tertiary/aromatic N) is 8. The van der Waals surface area contributed by atoms with Gasteiger partial charge in [-0.25, -0.2) is 35.2 Å². The third-order valence-corrected chi connectivity index (χ3v) is 10.9. The molecule has 21 heteroatoms. The van der Waals surface area contributed by atoms with Crippen LogP contribution in [0.25, 0.3) is 89.7 Å². The van der Waals surface area contributed by atoms with E-state index in [-0.39, 0.29) is 90.2 Å². The minimum atomic E-state index is -4.95. The topological polar surface area (TPSA) is 277 Å². The predicted molar refractivity (Wildman–Crippen MR) is 178 cm³/mol. The normalized spacial score (nSPS) is 12.7. The maximum Gasteiger partial charge on any atom is 2.00 e. The Morgan fingerprint density at radius 3 is 1.15 bits per heavy atom. The van der Waals surface area contributed by atoms with E-state index in [1.54, 1.807) is 24.3 Å². The van der Waals surface area contributed by atoms with E-state index in [1.807, 2.05) is 0 Å². The first-order valence-electron chi connectivity index (χ1n) is 14.7. The van der Waals surface area contributed by atoms with Gasteiger partial charge in [0.05, 0.1) is 38.0 Å². The van der Waals surface area contributed by atoms with E-state index >= 15 is 0 Å². The van der Waals surface area contributed by atoms with Crippen molar-refractivity contribution in [1.29, 1.82) is 0 Å². The molecule has 0 amide bonds. The largest absolute Gasteiger partial charge is 2.00 e. The third kappa shape index (κ3) is 5.75. The van der Waals surface area contributed by atoms with Gasteiger partial charge in [0.15, 0.2) is 0 Å². The second-order valence-electron chi connectivity index (χ2n) is 11.5. The van der Waals surface area contributed by atoms with Crippen molar-refractivity contribution in [2.45, 2.75) is 14.7 Å². The van der Waals surface area contributed by atoms with Crippen molar-refractivity contribution in [3.63, 3.8) is 0 Å². The van der Waals surface area contributed by atoms with E-state index < -0.39 is 45.0 Å². The van der Waals surface area contributed by atoms with Crippen LogP contribution in [-0.4, -0.2) is 68.8 Å². The van der Waals surface area contributed by atoms with Gasteiger partial charge in [-0.05, 0) is 57.9 Å². The van der Waals surface area contributed by atoms with E-state index in [9.17, 15) is 38.9 Å². The van der Waals surface area contributed by atoms with Crippen molar-refractivity contribution in [2.75, 3.05) is 0 Å². The molecular formula is C32H13CuN8O9S3-3. The van der Waals surface area contributed by atoms with Crippen LogP contribution in [0.3, 0.4) is 0 Å². The zero-order valence-electron chi connectivity index (χ0n) is 25.8. The fourth-order valence-corrected chi connectivity index (χ4v) is 7.51. The number of fused-ring (bicyclic) bond motifs is 20. The molecule has 17 nitrogen and oxygen atoms in total. The standard InChI is InChI=1S/C32H16N8O9S3.Cu/c41-50(42,43)14-5-8-19-22(11-14)31-36-27(19)34-25-17-3-1-2-4-18(17)26(33-25)35-30-23-12-15(51(44,45)46)6-9-20(23)28(37-30)39-32-24-13-16(52(47,48)49)7-10-21(24)29(38-31)40-32;/h1-13H,(H3-2,33,34,35,36,37,38,39,40,41,42,43,44,45,46,47,48,49);/q-2;+2/p-3. The van der Waals surface area contributed by atoms with Gasteiger partial charge in [0.25, 0.3) is 0 Å². The molecule has 0 fully saturated rings. The van der Waals surface area contributed by atoms with E-state index in [1.165, 1.54) is 18.2 Å². The number of rotatable bonds is 3. The summed E-state index contributed by atoms with van der Waals surface area (Å²) in [5, 5.41) is 0.760. The molecule has 0 spiro atoms. The van der Waals surface area contributed by atoms with E-state index in [0.29, 0.717) is 16.5 Å². The molecule has 0 aliphatic carbocycles. The average molecular weight is 813 g/mol. The summed E-state index contributed by atoms with van der Waals surface area (Å²) >= 11 is 0. The van der Waals surface area contributed by atoms with Crippen LogP contribution < -0.4 is 9.97 Å². The molecule has 5 heterocycles. The minimum Gasteiger partial charge on any atom is -0.744 e. The monoisotopic (exact) mass is 812 g/mol. The van der Waals surface area contributed by atoms with E-state index in [0.717, 1.165) is 36.4 Å². The first kappa shape index (κ1) is 34.6. The maximum absolute atomic E-state index is 12.0. The average Bonchev–Trinajstić information content (AvgIpc) is 3.82. The molecule has 8 bridgehead atoms. The molecule has 9 rings (SSSR count). The van der Waals surface area contributed by atoms with Crippen LogP contribution in [0.15, 0.2) is 93.5 Å². The Balaban J connectivity index is 0.00000400. The molecule has 0 N–H and O–H groups in total. The summed E-state index contributed by atoms with van der Waals surface area (Å²) < 4.78 is 108. The van der Waals surface area contributed by atoms with Crippen LogP contribution in [-0.2, 0) is 47.4 Å². The van der Waals surface area contributed by atoms with Gasteiger partial charge in [-0.2, -0.15) is 0 Å². The summed E-state index contributed by atoms with van der Waals surface area (Å²) in [5.74, 6) is -0.00733. The molecule has 2 aliphatic rings. The van der Waals surface area contributed by atoms with Crippen LogP contribution in [0.5, 0.6) is 0 Å². The van der Waals surface area contributed by atoms with Crippen molar-refractivity contribution in [2.24, 2.45) is 0 Å². The zero-order chi connectivity index (χ0) is 36.3. The Bertz CT molecular complexity index is 3260. The number of benzene rings is 4. The molecular weight excluding hydrogens is 800 g/mol. The van der Waals surface area contributed by atoms with Gasteiger partial charge < -0.3 is 43.6 Å². The summed E-state index contributed by atoms with van der Waals surface area (Å²) in [4.78, 5) is 34.9. The third-order valence-electron chi connectivity index (χ3n) is 8.39. The van der Waals surface area contributed by atoms with Crippen molar-refractivity contribution >= 4 is 74.5 Å². The van der Waals surface area contributed by atoms with Gasteiger partial charge in [0, 0.05) is 44.8 Å². The smallest absolute Gasteiger partial charge is 0.744 e. The summed E-state index contributed by atoms with van der Waals surface area (Å²) in [6.07, 6.45) is 0. The first-order chi connectivity index (χ1) is 24.6. The molecule has 0 saturated heterocycles. The van der Waals surface area contributed by atoms with Gasteiger partial charge in [-0.1, -0.05) is 42.5 Å². The van der Waals surface area contributed by atoms with Crippen molar-refractivity contribution in [3.8, 4) is 45.6 Å². The second kappa shape index (κ2) is 11.7. The van der Waals surface area contributed by atoms with Gasteiger partial charge in [-0.15, -0.1) is 0 Å². The Morgan fingerprint density at radius 1 is 0.396 bits per heavy atom. The van der Waals surface area contributed by atoms with Crippen molar-refractivity contribution in [1.82, 2.24) is 39.9 Å². The second-order valence-corrected chi connectivity index (χ2v) is 15.7. The van der Waals surface area contributed by atoms with Gasteiger partial charge >= 0.3 is 17.1 Å². The molecule has 267 valence electrons. The zero-order valence-corrected chi connectivity index (χ0v) is 29.2. The van der Waals surface area contributed by atoms with Crippen LogP contribution in [0, 0.1) is 0 Å². The fraction of sp³-hybridized carbons (Fsp3) is 0. The fourth-order valence-electron chi connectivity index (χ4n) is 6.02. The summed E-state index contributed by atoms with van der Waals surface area (Å²) in [7, 11) is -14.8. The number of aromatic nitrogens is 8. The SMILES string of the molecule is O=S(=O)([O-])c1ccc2c(c1)-c1nc-2nc2[n-]c(nc3nc(nc4[n-]c(n1)c1ccc(S(=O)(=O)[O-])cc41)-c1ccccc1-3)c1ccc(S(=O)(=O)[O-])cc21.[Cu+2]. The van der Waals surface area contributed by atoms with Gasteiger partial charge in [-0.3, -0.25) is 0 Å². The minimum absolute atomic E-state index is 0. The van der Waals surface area contributed by atoms with Crippen LogP contribution >= 0.6 is 0 Å². The summed E-state index contributed by atoms with van der Waals surface area (Å²) in [6, 6.07) is 17.3. The van der Waals surface area contributed by atoms with Crippen molar-refractivity contribution in [3.05, 3.63) is 78.9 Å². The predicted octanol–water partition coefficient (Wildman–Crippen LogP) is 2.84. The van der Waals surface area contributed by atoms with Gasteiger partial charge in [0.2, 0.25) is 0 Å². The van der Waals surface area contributed by atoms with Crippen LogP contribution in [0.2, 0.25) is 0 Å². The Labute approximate surface area is 308 Å². The molecule has 0 saturated carbocycles. The summed E-state index contributed by atoms with van der Waals surface area (Å²) in [5.41, 5.74) is 1.07. The Morgan fingerprint density at radius 2 is 0.736 bits per heavy atom. The Kier molecular flexibility index (Phi) is 7.66. The quantitative estimate of drug-likeness (QED) is 0.183. The number of hydrogen-bond acceptors (Lipinski definition) is 15. The van der Waals surface area contributed by atoms with E-state index in [2.05, 4.69) is 39.9 Å². The molecule has 53 heavy (non-hydrogen) atoms.